The molecule has 0 fully saturated rings. The monoisotopic (exact) mass is 362 g/mol. The SMILES string of the molecule is NC1=NC(N)(c2cc(Cl)c(-c3nnc4ccccn34)c(Cl)c2)NN1. The molecule has 10 heteroatoms. The molecule has 0 radical (unpaired) electrons. The van der Waals surface area contributed by atoms with E-state index in [9.17, 15) is 0 Å². The lowest BCUT2D eigenvalue weighted by Gasteiger charge is -2.22. The lowest BCUT2D eigenvalue weighted by molar-refractivity contribution is 0.375. The number of hydrogen-bond acceptors (Lipinski definition) is 7. The third-order valence-corrected chi connectivity index (χ3v) is 4.29. The van der Waals surface area contributed by atoms with Crippen molar-refractivity contribution in [1.82, 2.24) is 25.4 Å². The Bertz CT molecular complexity index is 959. The van der Waals surface area contributed by atoms with Crippen LogP contribution in [0.25, 0.3) is 17.0 Å². The summed E-state index contributed by atoms with van der Waals surface area (Å²) in [5.74, 6) is -0.529. The normalized spacial score (nSPS) is 20.2. The smallest absolute Gasteiger partial charge is 0.209 e. The Morgan fingerprint density at radius 3 is 2.54 bits per heavy atom. The maximum absolute atomic E-state index is 6.45. The van der Waals surface area contributed by atoms with Crippen LogP contribution in [0.3, 0.4) is 0 Å². The van der Waals surface area contributed by atoms with Gasteiger partial charge in [0.1, 0.15) is 0 Å². The van der Waals surface area contributed by atoms with Crippen molar-refractivity contribution in [1.29, 1.82) is 0 Å². The van der Waals surface area contributed by atoms with Crippen LogP contribution >= 0.6 is 23.2 Å². The molecule has 1 atom stereocenters. The number of guanidine groups is 1. The van der Waals surface area contributed by atoms with E-state index >= 15 is 0 Å². The fourth-order valence-electron chi connectivity index (χ4n) is 2.56. The Kier molecular flexibility index (Phi) is 3.36. The van der Waals surface area contributed by atoms with Crippen LogP contribution in [-0.2, 0) is 5.79 Å². The highest BCUT2D eigenvalue weighted by Gasteiger charge is 2.33. The number of aliphatic imine (C=N–C) groups is 1. The molecule has 0 saturated carbocycles. The Labute approximate surface area is 146 Å². The summed E-state index contributed by atoms with van der Waals surface area (Å²) in [7, 11) is 0. The van der Waals surface area contributed by atoms with Gasteiger partial charge in [-0.1, -0.05) is 29.3 Å². The summed E-state index contributed by atoms with van der Waals surface area (Å²) in [6, 6.07) is 8.93. The van der Waals surface area contributed by atoms with Crippen molar-refractivity contribution >= 4 is 34.8 Å². The molecule has 1 aliphatic heterocycles. The topological polar surface area (TPSA) is 119 Å². The number of hydrazine groups is 1. The van der Waals surface area contributed by atoms with Crippen molar-refractivity contribution in [2.75, 3.05) is 0 Å². The summed E-state index contributed by atoms with van der Waals surface area (Å²) >= 11 is 12.9. The largest absolute Gasteiger partial charge is 0.369 e. The molecule has 3 aromatic rings. The molecule has 0 aliphatic carbocycles. The predicted octanol–water partition coefficient (Wildman–Crippen LogP) is 1.19. The minimum atomic E-state index is -1.25. The molecule has 8 nitrogen and oxygen atoms in total. The van der Waals surface area contributed by atoms with Crippen LogP contribution in [0.5, 0.6) is 0 Å². The Hall–Kier alpha value is -2.39. The molecule has 1 aromatic carbocycles. The second-order valence-corrected chi connectivity index (χ2v) is 6.10. The first-order valence-electron chi connectivity index (χ1n) is 6.95. The fraction of sp³-hybridized carbons (Fsp3) is 0.0714. The second kappa shape index (κ2) is 5.32. The van der Waals surface area contributed by atoms with Crippen LogP contribution in [-0.4, -0.2) is 20.6 Å². The van der Waals surface area contributed by atoms with Crippen LogP contribution in [0, 0.1) is 0 Å². The number of aromatic nitrogens is 3. The van der Waals surface area contributed by atoms with Gasteiger partial charge < -0.3 is 5.73 Å². The molecule has 3 heterocycles. The van der Waals surface area contributed by atoms with E-state index in [1.165, 1.54) is 0 Å². The average molecular weight is 363 g/mol. The summed E-state index contributed by atoms with van der Waals surface area (Å²) in [4.78, 5) is 4.11. The number of fused-ring (bicyclic) bond motifs is 1. The van der Waals surface area contributed by atoms with E-state index in [0.717, 1.165) is 0 Å². The predicted molar refractivity (Wildman–Crippen MR) is 92.2 cm³/mol. The van der Waals surface area contributed by atoms with Gasteiger partial charge in [-0.15, -0.1) is 10.2 Å². The van der Waals surface area contributed by atoms with Gasteiger partial charge in [-0.2, -0.15) is 5.43 Å². The molecule has 0 amide bonds. The second-order valence-electron chi connectivity index (χ2n) is 5.28. The fourth-order valence-corrected chi connectivity index (χ4v) is 3.22. The van der Waals surface area contributed by atoms with Crippen molar-refractivity contribution in [2.45, 2.75) is 5.79 Å². The molecule has 24 heavy (non-hydrogen) atoms. The van der Waals surface area contributed by atoms with Crippen LogP contribution in [0.2, 0.25) is 10.0 Å². The summed E-state index contributed by atoms with van der Waals surface area (Å²) in [5, 5.41) is 9.05. The average Bonchev–Trinajstić information content (AvgIpc) is 3.11. The molecule has 0 spiro atoms. The van der Waals surface area contributed by atoms with E-state index in [0.29, 0.717) is 32.6 Å². The van der Waals surface area contributed by atoms with E-state index in [4.69, 9.17) is 34.7 Å². The van der Waals surface area contributed by atoms with Crippen LogP contribution in [0.15, 0.2) is 41.5 Å². The molecule has 4 rings (SSSR count). The third-order valence-electron chi connectivity index (χ3n) is 3.70. The quantitative estimate of drug-likeness (QED) is 0.543. The number of nitrogens with two attached hydrogens (primary N) is 2. The van der Waals surface area contributed by atoms with Gasteiger partial charge in [0.05, 0.1) is 15.6 Å². The number of halogens is 2. The number of pyridine rings is 1. The molecule has 0 bridgehead atoms. The van der Waals surface area contributed by atoms with Gasteiger partial charge in [0, 0.05) is 11.8 Å². The van der Waals surface area contributed by atoms with Crippen molar-refractivity contribution in [2.24, 2.45) is 16.5 Å². The minimum Gasteiger partial charge on any atom is -0.369 e. The number of rotatable bonds is 2. The van der Waals surface area contributed by atoms with Gasteiger partial charge in [0.15, 0.2) is 11.5 Å². The van der Waals surface area contributed by atoms with Crippen molar-refractivity contribution in [3.05, 3.63) is 52.1 Å². The standard InChI is InChI=1S/C14H12Cl2N8/c15-8-5-7(14(18)19-13(17)22-23-14)6-9(16)11(8)12-21-20-10-3-1-2-4-24(10)12/h1-6,23H,18H2,(H3,17,19,22). The summed E-state index contributed by atoms with van der Waals surface area (Å²) in [6.07, 6.45) is 1.84. The van der Waals surface area contributed by atoms with Crippen LogP contribution in [0.1, 0.15) is 5.56 Å². The van der Waals surface area contributed by atoms with Gasteiger partial charge in [-0.25, -0.2) is 4.99 Å². The highest BCUT2D eigenvalue weighted by Crippen LogP contribution is 2.37. The molecular formula is C14H12Cl2N8. The first-order valence-corrected chi connectivity index (χ1v) is 7.70. The Balaban J connectivity index is 1.87. The van der Waals surface area contributed by atoms with Crippen LogP contribution in [0.4, 0.5) is 0 Å². The number of benzene rings is 1. The zero-order valence-electron chi connectivity index (χ0n) is 12.2. The van der Waals surface area contributed by atoms with E-state index in [1.807, 2.05) is 24.4 Å². The van der Waals surface area contributed by atoms with Crippen LogP contribution < -0.4 is 22.3 Å². The molecule has 1 unspecified atom stereocenters. The summed E-state index contributed by atoms with van der Waals surface area (Å²) in [6.45, 7) is 0. The molecule has 6 N–H and O–H groups in total. The zero-order valence-corrected chi connectivity index (χ0v) is 13.7. The molecular weight excluding hydrogens is 351 g/mol. The van der Waals surface area contributed by atoms with Gasteiger partial charge in [0.2, 0.25) is 11.7 Å². The van der Waals surface area contributed by atoms with E-state index in [2.05, 4.69) is 26.0 Å². The maximum Gasteiger partial charge on any atom is 0.209 e. The first kappa shape index (κ1) is 15.2. The summed E-state index contributed by atoms with van der Waals surface area (Å²) < 4.78 is 1.80. The first-order chi connectivity index (χ1) is 11.5. The zero-order chi connectivity index (χ0) is 16.9. The maximum atomic E-state index is 6.45. The van der Waals surface area contributed by atoms with Crippen molar-refractivity contribution < 1.29 is 0 Å². The highest BCUT2D eigenvalue weighted by molar-refractivity contribution is 6.39. The Morgan fingerprint density at radius 1 is 1.12 bits per heavy atom. The van der Waals surface area contributed by atoms with Crippen molar-refractivity contribution in [3.8, 4) is 11.4 Å². The minimum absolute atomic E-state index is 0.178. The van der Waals surface area contributed by atoms with E-state index < -0.39 is 5.79 Å². The molecule has 0 saturated heterocycles. The van der Waals surface area contributed by atoms with Gasteiger partial charge in [-0.3, -0.25) is 15.6 Å². The number of nitrogens with zero attached hydrogens (tertiary/aromatic N) is 4. The third kappa shape index (κ3) is 2.28. The van der Waals surface area contributed by atoms with Gasteiger partial charge in [0.25, 0.3) is 0 Å². The van der Waals surface area contributed by atoms with Crippen molar-refractivity contribution in [3.63, 3.8) is 0 Å². The number of hydrogen-bond donors (Lipinski definition) is 4. The van der Waals surface area contributed by atoms with Gasteiger partial charge in [-0.05, 0) is 24.3 Å². The van der Waals surface area contributed by atoms with E-state index in [1.54, 1.807) is 16.5 Å². The highest BCUT2D eigenvalue weighted by atomic mass is 35.5. The molecule has 122 valence electrons. The molecule has 2 aromatic heterocycles. The van der Waals surface area contributed by atoms with Gasteiger partial charge >= 0.3 is 0 Å². The van der Waals surface area contributed by atoms with E-state index in [-0.39, 0.29) is 5.96 Å². The molecule has 1 aliphatic rings. The Morgan fingerprint density at radius 2 is 1.88 bits per heavy atom. The number of nitrogens with one attached hydrogen (secondary N) is 2. The lowest BCUT2D eigenvalue weighted by atomic mass is 10.1. The summed E-state index contributed by atoms with van der Waals surface area (Å²) in [5.41, 5.74) is 19.0. The lowest BCUT2D eigenvalue weighted by Crippen LogP contribution is -2.50.